The van der Waals surface area contributed by atoms with Crippen molar-refractivity contribution < 1.29 is 17.6 Å². The van der Waals surface area contributed by atoms with E-state index < -0.39 is 29.2 Å². The molecule has 1 heterocycles. The van der Waals surface area contributed by atoms with Gasteiger partial charge in [-0.05, 0) is 28.1 Å². The number of nitrogens with zero attached hydrogens (tertiary/aromatic N) is 1. The van der Waals surface area contributed by atoms with Crippen LogP contribution in [0.3, 0.4) is 0 Å². The molecule has 0 radical (unpaired) electrons. The summed E-state index contributed by atoms with van der Waals surface area (Å²) in [5.74, 6) is -6.71. The van der Waals surface area contributed by atoms with Crippen molar-refractivity contribution in [3.05, 3.63) is 51.2 Å². The molecular formula is C11H4BrClF4N2. The van der Waals surface area contributed by atoms with Gasteiger partial charge in [0.05, 0.1) is 15.2 Å². The third-order valence-electron chi connectivity index (χ3n) is 2.21. The monoisotopic (exact) mass is 354 g/mol. The van der Waals surface area contributed by atoms with Crippen molar-refractivity contribution in [3.63, 3.8) is 0 Å². The van der Waals surface area contributed by atoms with Gasteiger partial charge in [-0.2, -0.15) is 22.5 Å². The van der Waals surface area contributed by atoms with Crippen LogP contribution in [0.1, 0.15) is 0 Å². The van der Waals surface area contributed by atoms with Gasteiger partial charge in [-0.15, -0.1) is 0 Å². The van der Waals surface area contributed by atoms with E-state index in [0.29, 0.717) is 4.47 Å². The summed E-state index contributed by atoms with van der Waals surface area (Å²) in [5.41, 5.74) is -0.830. The fourth-order valence-corrected chi connectivity index (χ4v) is 1.87. The number of anilines is 2. The smallest absolute Gasteiger partial charge is 0.253 e. The molecule has 0 saturated heterocycles. The van der Waals surface area contributed by atoms with Crippen LogP contribution in [0.25, 0.3) is 0 Å². The second-order valence-electron chi connectivity index (χ2n) is 3.42. The quantitative estimate of drug-likeness (QED) is 0.618. The van der Waals surface area contributed by atoms with Crippen LogP contribution in [0.2, 0.25) is 5.02 Å². The summed E-state index contributed by atoms with van der Waals surface area (Å²) in [4.78, 5) is 2.45. The predicted octanol–water partition coefficient (Wildman–Crippen LogP) is 4.80. The SMILES string of the molecule is Fc1nc(F)c(F)c(Nc2cccc(Cl)c2Br)c1F. The van der Waals surface area contributed by atoms with Crippen molar-refractivity contribution in [2.24, 2.45) is 0 Å². The molecule has 0 saturated carbocycles. The Labute approximate surface area is 118 Å². The number of nitrogens with one attached hydrogen (secondary N) is 1. The zero-order valence-corrected chi connectivity index (χ0v) is 11.3. The molecule has 0 spiro atoms. The largest absolute Gasteiger partial charge is 0.349 e. The molecule has 0 fully saturated rings. The molecular weight excluding hydrogens is 351 g/mol. The summed E-state index contributed by atoms with van der Waals surface area (Å²) in [6.45, 7) is 0. The summed E-state index contributed by atoms with van der Waals surface area (Å²) < 4.78 is 53.0. The van der Waals surface area contributed by atoms with Crippen LogP contribution in [0.15, 0.2) is 22.7 Å². The topological polar surface area (TPSA) is 24.9 Å². The molecule has 0 aliphatic carbocycles. The van der Waals surface area contributed by atoms with Gasteiger partial charge in [0.1, 0.15) is 5.69 Å². The second-order valence-corrected chi connectivity index (χ2v) is 4.62. The lowest BCUT2D eigenvalue weighted by molar-refractivity contribution is 0.411. The molecule has 100 valence electrons. The highest BCUT2D eigenvalue weighted by molar-refractivity contribution is 9.10. The van der Waals surface area contributed by atoms with Gasteiger partial charge in [0.2, 0.25) is 11.6 Å². The third-order valence-corrected chi connectivity index (χ3v) is 3.61. The van der Waals surface area contributed by atoms with E-state index in [9.17, 15) is 17.6 Å². The number of rotatable bonds is 2. The highest BCUT2D eigenvalue weighted by Crippen LogP contribution is 2.34. The molecule has 2 aromatic rings. The first-order chi connectivity index (χ1) is 8.91. The van der Waals surface area contributed by atoms with Crippen LogP contribution in [-0.4, -0.2) is 4.98 Å². The van der Waals surface area contributed by atoms with Gasteiger partial charge in [0.15, 0.2) is 0 Å². The minimum atomic E-state index is -1.74. The Morgan fingerprint density at radius 1 is 1.05 bits per heavy atom. The third kappa shape index (κ3) is 2.66. The number of hydrogen-bond acceptors (Lipinski definition) is 2. The summed E-state index contributed by atoms with van der Waals surface area (Å²) in [6, 6.07) is 4.45. The second kappa shape index (κ2) is 5.34. The van der Waals surface area contributed by atoms with Crippen molar-refractivity contribution in [2.75, 3.05) is 5.32 Å². The summed E-state index contributed by atoms with van der Waals surface area (Å²) >= 11 is 8.87. The number of benzene rings is 1. The van der Waals surface area contributed by atoms with Crippen LogP contribution in [-0.2, 0) is 0 Å². The van der Waals surface area contributed by atoms with Gasteiger partial charge in [0.25, 0.3) is 11.9 Å². The maximum atomic E-state index is 13.4. The van der Waals surface area contributed by atoms with E-state index in [1.807, 2.05) is 0 Å². The summed E-state index contributed by atoms with van der Waals surface area (Å²) in [6.07, 6.45) is 0. The highest BCUT2D eigenvalue weighted by atomic mass is 79.9. The Morgan fingerprint density at radius 2 is 1.63 bits per heavy atom. The predicted molar refractivity (Wildman–Crippen MR) is 66.5 cm³/mol. The lowest BCUT2D eigenvalue weighted by atomic mass is 10.3. The van der Waals surface area contributed by atoms with E-state index >= 15 is 0 Å². The van der Waals surface area contributed by atoms with E-state index in [1.54, 1.807) is 0 Å². The summed E-state index contributed by atoms with van der Waals surface area (Å²) in [7, 11) is 0. The molecule has 0 aliphatic rings. The zero-order valence-electron chi connectivity index (χ0n) is 8.95. The molecule has 8 heteroatoms. The van der Waals surface area contributed by atoms with E-state index in [-0.39, 0.29) is 10.7 Å². The number of hydrogen-bond donors (Lipinski definition) is 1. The summed E-state index contributed by atoms with van der Waals surface area (Å²) in [5, 5.41) is 2.49. The lowest BCUT2D eigenvalue weighted by Crippen LogP contribution is -2.06. The van der Waals surface area contributed by atoms with E-state index in [0.717, 1.165) is 0 Å². The van der Waals surface area contributed by atoms with Gasteiger partial charge < -0.3 is 5.32 Å². The van der Waals surface area contributed by atoms with Gasteiger partial charge in [0, 0.05) is 0 Å². The van der Waals surface area contributed by atoms with E-state index in [1.165, 1.54) is 18.2 Å². The molecule has 1 aromatic heterocycles. The van der Waals surface area contributed by atoms with Gasteiger partial charge >= 0.3 is 0 Å². The first-order valence-corrected chi connectivity index (χ1v) is 6.00. The van der Waals surface area contributed by atoms with Crippen molar-refractivity contribution in [1.29, 1.82) is 0 Å². The number of pyridine rings is 1. The van der Waals surface area contributed by atoms with E-state index in [2.05, 4.69) is 26.2 Å². The minimum Gasteiger partial charge on any atom is -0.349 e. The van der Waals surface area contributed by atoms with Gasteiger partial charge in [-0.1, -0.05) is 17.7 Å². The number of halogens is 6. The Morgan fingerprint density at radius 3 is 2.21 bits per heavy atom. The Balaban J connectivity index is 2.52. The first-order valence-electron chi connectivity index (χ1n) is 4.83. The fourth-order valence-electron chi connectivity index (χ4n) is 1.33. The molecule has 2 nitrogen and oxygen atoms in total. The van der Waals surface area contributed by atoms with Crippen molar-refractivity contribution in [2.45, 2.75) is 0 Å². The zero-order chi connectivity index (χ0) is 14.2. The Hall–Kier alpha value is -1.34. The Kier molecular flexibility index (Phi) is 3.96. The van der Waals surface area contributed by atoms with Crippen LogP contribution >= 0.6 is 27.5 Å². The van der Waals surface area contributed by atoms with Crippen molar-refractivity contribution in [3.8, 4) is 0 Å². The fraction of sp³-hybridized carbons (Fsp3) is 0. The van der Waals surface area contributed by atoms with Crippen LogP contribution in [0.4, 0.5) is 28.9 Å². The van der Waals surface area contributed by atoms with Crippen LogP contribution < -0.4 is 5.32 Å². The maximum absolute atomic E-state index is 13.4. The molecule has 0 bridgehead atoms. The van der Waals surface area contributed by atoms with Crippen LogP contribution in [0, 0.1) is 23.5 Å². The normalized spacial score (nSPS) is 10.6. The molecule has 2 rings (SSSR count). The van der Waals surface area contributed by atoms with Crippen LogP contribution in [0.5, 0.6) is 0 Å². The molecule has 19 heavy (non-hydrogen) atoms. The Bertz CT molecular complexity index is 625. The minimum absolute atomic E-state index is 0.148. The lowest BCUT2D eigenvalue weighted by Gasteiger charge is -2.11. The molecule has 0 aliphatic heterocycles. The van der Waals surface area contributed by atoms with Crippen molar-refractivity contribution >= 4 is 38.9 Å². The molecule has 0 amide bonds. The van der Waals surface area contributed by atoms with E-state index in [4.69, 9.17) is 11.6 Å². The highest BCUT2D eigenvalue weighted by Gasteiger charge is 2.21. The first kappa shape index (κ1) is 14.1. The molecule has 0 unspecified atom stereocenters. The average Bonchev–Trinajstić information content (AvgIpc) is 2.37. The molecule has 1 N–H and O–H groups in total. The van der Waals surface area contributed by atoms with Gasteiger partial charge in [-0.3, -0.25) is 0 Å². The number of aromatic nitrogens is 1. The van der Waals surface area contributed by atoms with Gasteiger partial charge in [-0.25, -0.2) is 0 Å². The molecule has 1 aromatic carbocycles. The maximum Gasteiger partial charge on any atom is 0.253 e. The molecule has 0 atom stereocenters. The standard InChI is InChI=1S/C11H4BrClF4N2/c12-6-4(13)2-1-3-5(6)18-9-7(14)10(16)19-11(17)8(9)15/h1-3H,(H,18,19). The van der Waals surface area contributed by atoms with Crippen molar-refractivity contribution in [1.82, 2.24) is 4.98 Å². The average molecular weight is 356 g/mol.